The molecule has 0 aliphatic rings. The first kappa shape index (κ1) is 16.2. The van der Waals surface area contributed by atoms with Crippen molar-refractivity contribution in [3.8, 4) is 5.75 Å². The van der Waals surface area contributed by atoms with E-state index in [4.69, 9.17) is 4.74 Å². The molecule has 0 saturated carbocycles. The van der Waals surface area contributed by atoms with Gasteiger partial charge in [-0.05, 0) is 30.7 Å². The van der Waals surface area contributed by atoms with Crippen LogP contribution in [-0.2, 0) is 9.53 Å². The van der Waals surface area contributed by atoms with Crippen molar-refractivity contribution >= 4 is 11.9 Å². The molecule has 110 valence electrons. The number of methoxy groups -OCH3 is 1. The lowest BCUT2D eigenvalue weighted by Crippen LogP contribution is -2.08. The quantitative estimate of drug-likeness (QED) is 0.413. The Kier molecular flexibility index (Phi) is 7.40. The van der Waals surface area contributed by atoms with Crippen LogP contribution in [0.5, 0.6) is 5.75 Å². The van der Waals surface area contributed by atoms with Crippen molar-refractivity contribution in [3.05, 3.63) is 29.8 Å². The van der Waals surface area contributed by atoms with E-state index in [1.165, 1.54) is 20.0 Å². The largest absolute Gasteiger partial charge is 0.465 e. The summed E-state index contributed by atoms with van der Waals surface area (Å²) in [6.45, 7) is 2.16. The van der Waals surface area contributed by atoms with Gasteiger partial charge in [0.15, 0.2) is 0 Å². The number of ether oxygens (including phenoxy) is 2. The van der Waals surface area contributed by atoms with Gasteiger partial charge in [-0.25, -0.2) is 4.79 Å². The predicted octanol–water partition coefficient (Wildman–Crippen LogP) is 3.74. The second kappa shape index (κ2) is 9.13. The van der Waals surface area contributed by atoms with Crippen molar-refractivity contribution in [2.45, 2.75) is 45.4 Å². The van der Waals surface area contributed by atoms with Crippen LogP contribution in [0.3, 0.4) is 0 Å². The van der Waals surface area contributed by atoms with Crippen LogP contribution in [0.4, 0.5) is 0 Å². The van der Waals surface area contributed by atoms with Crippen molar-refractivity contribution in [2.75, 3.05) is 7.11 Å². The molecule has 0 aromatic heterocycles. The van der Waals surface area contributed by atoms with E-state index >= 15 is 0 Å². The van der Waals surface area contributed by atoms with Gasteiger partial charge < -0.3 is 9.47 Å². The Morgan fingerprint density at radius 2 is 1.65 bits per heavy atom. The summed E-state index contributed by atoms with van der Waals surface area (Å²) in [4.78, 5) is 22.9. The number of esters is 2. The summed E-state index contributed by atoms with van der Waals surface area (Å²) < 4.78 is 9.79. The van der Waals surface area contributed by atoms with Crippen LogP contribution in [0, 0.1) is 0 Å². The molecule has 0 aliphatic carbocycles. The van der Waals surface area contributed by atoms with Gasteiger partial charge in [-0.1, -0.05) is 32.6 Å². The molecule has 0 fully saturated rings. The molecule has 0 spiro atoms. The Hall–Kier alpha value is -1.84. The fourth-order valence-electron chi connectivity index (χ4n) is 1.83. The van der Waals surface area contributed by atoms with Crippen LogP contribution in [0.25, 0.3) is 0 Å². The molecule has 0 amide bonds. The molecule has 1 rings (SSSR count). The van der Waals surface area contributed by atoms with E-state index in [9.17, 15) is 9.59 Å². The molecule has 0 N–H and O–H groups in total. The average Bonchev–Trinajstić information content (AvgIpc) is 2.47. The van der Waals surface area contributed by atoms with Crippen LogP contribution < -0.4 is 4.74 Å². The highest BCUT2D eigenvalue weighted by atomic mass is 16.5. The molecule has 0 saturated heterocycles. The van der Waals surface area contributed by atoms with E-state index in [0.29, 0.717) is 17.7 Å². The lowest BCUT2D eigenvalue weighted by atomic mass is 10.1. The second-order valence-electron chi connectivity index (χ2n) is 4.65. The highest BCUT2D eigenvalue weighted by Gasteiger charge is 2.07. The second-order valence-corrected chi connectivity index (χ2v) is 4.65. The molecule has 0 bridgehead atoms. The minimum Gasteiger partial charge on any atom is -0.465 e. The number of carbonyl (C=O) groups excluding carboxylic acids is 2. The highest BCUT2D eigenvalue weighted by Crippen LogP contribution is 2.14. The SMILES string of the molecule is CCCCCCCC(=O)Oc1ccc(C(=O)OC)cc1. The molecule has 20 heavy (non-hydrogen) atoms. The van der Waals surface area contributed by atoms with Crippen LogP contribution in [0.1, 0.15) is 55.8 Å². The number of hydrogen-bond donors (Lipinski definition) is 0. The molecule has 1 aromatic rings. The van der Waals surface area contributed by atoms with Gasteiger partial charge in [0.2, 0.25) is 0 Å². The maximum absolute atomic E-state index is 11.6. The summed E-state index contributed by atoms with van der Waals surface area (Å²) in [5.41, 5.74) is 0.437. The zero-order chi connectivity index (χ0) is 14.8. The molecule has 0 atom stereocenters. The zero-order valence-corrected chi connectivity index (χ0v) is 12.2. The van der Waals surface area contributed by atoms with Gasteiger partial charge in [-0.3, -0.25) is 4.79 Å². The monoisotopic (exact) mass is 278 g/mol. The van der Waals surface area contributed by atoms with Crippen LogP contribution in [0.2, 0.25) is 0 Å². The summed E-state index contributed by atoms with van der Waals surface area (Å²) in [5, 5.41) is 0. The molecule has 1 aromatic carbocycles. The fraction of sp³-hybridized carbons (Fsp3) is 0.500. The minimum absolute atomic E-state index is 0.229. The number of unbranched alkanes of at least 4 members (excludes halogenated alkanes) is 4. The third-order valence-corrected chi connectivity index (χ3v) is 2.99. The van der Waals surface area contributed by atoms with E-state index in [1.54, 1.807) is 24.3 Å². The van der Waals surface area contributed by atoms with E-state index in [1.807, 2.05) is 0 Å². The van der Waals surface area contributed by atoms with Gasteiger partial charge in [0.25, 0.3) is 0 Å². The van der Waals surface area contributed by atoms with Crippen LogP contribution in [-0.4, -0.2) is 19.0 Å². The smallest absolute Gasteiger partial charge is 0.337 e. The Balaban J connectivity index is 2.33. The van der Waals surface area contributed by atoms with E-state index < -0.39 is 5.97 Å². The summed E-state index contributed by atoms with van der Waals surface area (Å²) in [5.74, 6) is -0.178. The first-order valence-corrected chi connectivity index (χ1v) is 7.06. The Morgan fingerprint density at radius 1 is 1.00 bits per heavy atom. The van der Waals surface area contributed by atoms with Crippen molar-refractivity contribution in [3.63, 3.8) is 0 Å². The van der Waals surface area contributed by atoms with Gasteiger partial charge in [0, 0.05) is 6.42 Å². The molecule has 4 heteroatoms. The number of hydrogen-bond acceptors (Lipinski definition) is 4. The summed E-state index contributed by atoms with van der Waals surface area (Å²) in [6.07, 6.45) is 5.92. The Bertz CT molecular complexity index is 423. The van der Waals surface area contributed by atoms with Crippen molar-refractivity contribution in [1.82, 2.24) is 0 Å². The van der Waals surface area contributed by atoms with Crippen molar-refractivity contribution in [1.29, 1.82) is 0 Å². The lowest BCUT2D eigenvalue weighted by Gasteiger charge is -2.05. The summed E-state index contributed by atoms with van der Waals surface area (Å²) >= 11 is 0. The summed E-state index contributed by atoms with van der Waals surface area (Å²) in [6, 6.07) is 6.36. The Labute approximate surface area is 120 Å². The topological polar surface area (TPSA) is 52.6 Å². The fourth-order valence-corrected chi connectivity index (χ4v) is 1.83. The predicted molar refractivity (Wildman–Crippen MR) is 76.8 cm³/mol. The molecule has 0 radical (unpaired) electrons. The first-order chi connectivity index (χ1) is 9.67. The van der Waals surface area contributed by atoms with Gasteiger partial charge in [0.05, 0.1) is 12.7 Å². The van der Waals surface area contributed by atoms with Crippen LogP contribution in [0.15, 0.2) is 24.3 Å². The van der Waals surface area contributed by atoms with Crippen LogP contribution >= 0.6 is 0 Å². The molecule has 4 nitrogen and oxygen atoms in total. The standard InChI is InChI=1S/C16H22O4/c1-3-4-5-6-7-8-15(17)20-14-11-9-13(10-12-14)16(18)19-2/h9-12H,3-8H2,1-2H3. The molecular formula is C16H22O4. The molecule has 0 heterocycles. The van der Waals surface area contributed by atoms with Crippen molar-refractivity contribution in [2.24, 2.45) is 0 Å². The normalized spacial score (nSPS) is 10.1. The lowest BCUT2D eigenvalue weighted by molar-refractivity contribution is -0.134. The average molecular weight is 278 g/mol. The molecular weight excluding hydrogens is 256 g/mol. The van der Waals surface area contributed by atoms with E-state index in [-0.39, 0.29) is 5.97 Å². The maximum atomic E-state index is 11.6. The van der Waals surface area contributed by atoms with Gasteiger partial charge in [0.1, 0.15) is 5.75 Å². The summed E-state index contributed by atoms with van der Waals surface area (Å²) in [7, 11) is 1.33. The molecule has 0 unspecified atom stereocenters. The minimum atomic E-state index is -0.404. The highest BCUT2D eigenvalue weighted by molar-refractivity contribution is 5.89. The van der Waals surface area contributed by atoms with Gasteiger partial charge in [-0.15, -0.1) is 0 Å². The van der Waals surface area contributed by atoms with Crippen molar-refractivity contribution < 1.29 is 19.1 Å². The van der Waals surface area contributed by atoms with Gasteiger partial charge in [-0.2, -0.15) is 0 Å². The maximum Gasteiger partial charge on any atom is 0.337 e. The number of benzene rings is 1. The number of rotatable bonds is 8. The van der Waals surface area contributed by atoms with Gasteiger partial charge >= 0.3 is 11.9 Å². The third-order valence-electron chi connectivity index (χ3n) is 2.99. The zero-order valence-electron chi connectivity index (χ0n) is 12.2. The number of carbonyl (C=O) groups is 2. The first-order valence-electron chi connectivity index (χ1n) is 7.06. The third kappa shape index (κ3) is 5.87. The van der Waals surface area contributed by atoms with E-state index in [0.717, 1.165) is 19.3 Å². The molecule has 0 aliphatic heterocycles. The van der Waals surface area contributed by atoms with E-state index in [2.05, 4.69) is 11.7 Å². The Morgan fingerprint density at radius 3 is 2.25 bits per heavy atom.